The highest BCUT2D eigenvalue weighted by Gasteiger charge is 2.42. The van der Waals surface area contributed by atoms with Gasteiger partial charge >= 0.3 is 6.18 Å². The minimum atomic E-state index is -4.95. The van der Waals surface area contributed by atoms with Gasteiger partial charge in [0.2, 0.25) is 5.78 Å². The van der Waals surface area contributed by atoms with Crippen LogP contribution < -0.4 is 0 Å². The summed E-state index contributed by atoms with van der Waals surface area (Å²) >= 11 is 0. The van der Waals surface area contributed by atoms with Gasteiger partial charge in [0.15, 0.2) is 0 Å². The molecule has 0 spiro atoms. The number of carbonyl (C=O) groups is 1. The van der Waals surface area contributed by atoms with Gasteiger partial charge < -0.3 is 0 Å². The Balaban J connectivity index is 4.31. The van der Waals surface area contributed by atoms with Crippen LogP contribution in [0.1, 0.15) is 25.7 Å². The zero-order valence-electron chi connectivity index (χ0n) is 9.83. The quantitative estimate of drug-likeness (QED) is 0.669. The van der Waals surface area contributed by atoms with Crippen molar-refractivity contribution in [1.82, 2.24) is 0 Å². The molecule has 1 atom stereocenters. The van der Waals surface area contributed by atoms with Gasteiger partial charge in [0.25, 0.3) is 0 Å². The van der Waals surface area contributed by atoms with Crippen molar-refractivity contribution in [1.29, 1.82) is 5.26 Å². The first-order chi connectivity index (χ1) is 8.08. The molecule has 0 saturated carbocycles. The first-order valence-corrected chi connectivity index (χ1v) is 7.29. The number of ketones is 1. The van der Waals surface area contributed by atoms with Crippen molar-refractivity contribution in [3.05, 3.63) is 0 Å². The number of nitriles is 1. The van der Waals surface area contributed by atoms with Crippen LogP contribution >= 0.6 is 0 Å². The van der Waals surface area contributed by atoms with Crippen LogP contribution in [-0.4, -0.2) is 32.4 Å². The molecule has 0 fully saturated rings. The van der Waals surface area contributed by atoms with E-state index in [0.717, 1.165) is 6.26 Å². The molecule has 0 rings (SSSR count). The minimum absolute atomic E-state index is 0.124. The Kier molecular flexibility index (Phi) is 6.32. The Morgan fingerprint density at radius 2 is 1.89 bits per heavy atom. The van der Waals surface area contributed by atoms with E-state index in [1.807, 2.05) is 0 Å². The Morgan fingerprint density at radius 3 is 2.28 bits per heavy atom. The van der Waals surface area contributed by atoms with Gasteiger partial charge in [0.1, 0.15) is 9.84 Å². The molecule has 0 aromatic rings. The summed E-state index contributed by atoms with van der Waals surface area (Å²) in [6.45, 7) is 0. The number of Topliss-reactive ketones (excluding diaryl/α,β-unsaturated/α-hetero) is 1. The van der Waals surface area contributed by atoms with Crippen LogP contribution in [0, 0.1) is 17.2 Å². The van der Waals surface area contributed by atoms with E-state index in [2.05, 4.69) is 0 Å². The Morgan fingerprint density at radius 1 is 1.33 bits per heavy atom. The number of nitrogens with zero attached hydrogens (tertiary/aromatic N) is 1. The molecule has 0 aliphatic heterocycles. The van der Waals surface area contributed by atoms with Crippen molar-refractivity contribution in [2.75, 3.05) is 12.0 Å². The first kappa shape index (κ1) is 16.9. The number of hydrogen-bond acceptors (Lipinski definition) is 4. The molecule has 0 bridgehead atoms. The second kappa shape index (κ2) is 6.73. The second-order valence-electron chi connectivity index (χ2n) is 4.05. The van der Waals surface area contributed by atoms with E-state index in [1.54, 1.807) is 0 Å². The fourth-order valence-corrected chi connectivity index (χ4v) is 2.15. The number of sulfone groups is 1. The van der Waals surface area contributed by atoms with Crippen LogP contribution in [0.3, 0.4) is 0 Å². The Labute approximate surface area is 104 Å². The maximum Gasteiger partial charge on any atom is 0.450 e. The normalized spacial score (nSPS) is 13.9. The number of halogens is 3. The second-order valence-corrected chi connectivity index (χ2v) is 6.31. The Bertz CT molecular complexity index is 423. The van der Waals surface area contributed by atoms with E-state index in [-0.39, 0.29) is 25.0 Å². The summed E-state index contributed by atoms with van der Waals surface area (Å²) in [5, 5.41) is 8.37. The van der Waals surface area contributed by atoms with E-state index >= 15 is 0 Å². The summed E-state index contributed by atoms with van der Waals surface area (Å²) in [5.74, 6) is -3.44. The lowest BCUT2D eigenvalue weighted by Crippen LogP contribution is -2.30. The van der Waals surface area contributed by atoms with Crippen LogP contribution in [0.5, 0.6) is 0 Å². The summed E-state index contributed by atoms with van der Waals surface area (Å²) in [6, 6.07) is 1.54. The van der Waals surface area contributed by atoms with Gasteiger partial charge in [0.05, 0.1) is 6.07 Å². The molecule has 0 amide bonds. The fraction of sp³-hybridized carbons (Fsp3) is 0.800. The molecular weight excluding hydrogens is 271 g/mol. The summed E-state index contributed by atoms with van der Waals surface area (Å²) in [5.41, 5.74) is 0. The highest BCUT2D eigenvalue weighted by Crippen LogP contribution is 2.26. The largest absolute Gasteiger partial charge is 0.450 e. The molecule has 18 heavy (non-hydrogen) atoms. The number of hydrogen-bond donors (Lipinski definition) is 0. The molecule has 0 radical (unpaired) electrons. The van der Waals surface area contributed by atoms with Gasteiger partial charge in [-0.15, -0.1) is 0 Å². The van der Waals surface area contributed by atoms with Crippen molar-refractivity contribution in [3.8, 4) is 6.07 Å². The SMILES string of the molecule is CS(=O)(=O)CCCCC(CC#N)C(=O)C(F)(F)F. The highest BCUT2D eigenvalue weighted by molar-refractivity contribution is 7.90. The molecule has 4 nitrogen and oxygen atoms in total. The smallest absolute Gasteiger partial charge is 0.289 e. The lowest BCUT2D eigenvalue weighted by Gasteiger charge is -2.14. The van der Waals surface area contributed by atoms with Crippen molar-refractivity contribution in [2.24, 2.45) is 5.92 Å². The van der Waals surface area contributed by atoms with Crippen molar-refractivity contribution >= 4 is 15.6 Å². The molecule has 1 unspecified atom stereocenters. The van der Waals surface area contributed by atoms with Crippen molar-refractivity contribution < 1.29 is 26.4 Å². The number of rotatable bonds is 7. The first-order valence-electron chi connectivity index (χ1n) is 5.23. The topological polar surface area (TPSA) is 75.0 Å². The monoisotopic (exact) mass is 285 g/mol. The number of unbranched alkanes of at least 4 members (excludes halogenated alkanes) is 1. The Hall–Kier alpha value is -1.10. The third-order valence-electron chi connectivity index (χ3n) is 2.31. The van der Waals surface area contributed by atoms with E-state index in [0.29, 0.717) is 0 Å². The molecule has 0 saturated heterocycles. The standard InChI is InChI=1S/C10H14F3NO3S/c1-18(16,17)7-3-2-4-8(5-6-14)9(15)10(11,12)13/h8H,2-5,7H2,1H3. The van der Waals surface area contributed by atoms with Crippen LogP contribution in [0.25, 0.3) is 0 Å². The van der Waals surface area contributed by atoms with Crippen molar-refractivity contribution in [2.45, 2.75) is 31.9 Å². The molecule has 0 heterocycles. The summed E-state index contributed by atoms with van der Waals surface area (Å²) < 4.78 is 58.1. The number of alkyl halides is 3. The maximum absolute atomic E-state index is 12.2. The number of carbonyl (C=O) groups excluding carboxylic acids is 1. The van der Waals surface area contributed by atoms with Crippen LogP contribution in [0.4, 0.5) is 13.2 Å². The van der Waals surface area contributed by atoms with Crippen LogP contribution in [0.15, 0.2) is 0 Å². The van der Waals surface area contributed by atoms with Gasteiger partial charge in [-0.3, -0.25) is 4.79 Å². The molecule has 0 N–H and O–H groups in total. The van der Waals surface area contributed by atoms with Crippen molar-refractivity contribution in [3.63, 3.8) is 0 Å². The molecule has 0 aliphatic carbocycles. The zero-order chi connectivity index (χ0) is 14.4. The molecule has 0 aromatic carbocycles. The van der Waals surface area contributed by atoms with E-state index < -0.39 is 34.1 Å². The molecule has 8 heteroatoms. The third kappa shape index (κ3) is 7.27. The predicted molar refractivity (Wildman–Crippen MR) is 58.3 cm³/mol. The summed E-state index contributed by atoms with van der Waals surface area (Å²) in [6.07, 6.45) is -4.19. The van der Waals surface area contributed by atoms with Gasteiger partial charge in [0, 0.05) is 24.3 Å². The summed E-state index contributed by atoms with van der Waals surface area (Å²) in [7, 11) is -3.16. The third-order valence-corrected chi connectivity index (χ3v) is 3.34. The highest BCUT2D eigenvalue weighted by atomic mass is 32.2. The molecular formula is C10H14F3NO3S. The van der Waals surface area contributed by atoms with Gasteiger partial charge in [-0.05, 0) is 12.8 Å². The van der Waals surface area contributed by atoms with Gasteiger partial charge in [-0.2, -0.15) is 18.4 Å². The summed E-state index contributed by atoms with van der Waals surface area (Å²) in [4.78, 5) is 11.0. The van der Waals surface area contributed by atoms with E-state index in [4.69, 9.17) is 5.26 Å². The molecule has 0 aliphatic rings. The van der Waals surface area contributed by atoms with Crippen LogP contribution in [-0.2, 0) is 14.6 Å². The van der Waals surface area contributed by atoms with Crippen LogP contribution in [0.2, 0.25) is 0 Å². The lowest BCUT2D eigenvalue weighted by molar-refractivity contribution is -0.175. The lowest BCUT2D eigenvalue weighted by atomic mass is 9.94. The minimum Gasteiger partial charge on any atom is -0.289 e. The molecule has 0 aromatic heterocycles. The zero-order valence-corrected chi connectivity index (χ0v) is 10.6. The van der Waals surface area contributed by atoms with Gasteiger partial charge in [-0.25, -0.2) is 8.42 Å². The van der Waals surface area contributed by atoms with Gasteiger partial charge in [-0.1, -0.05) is 6.42 Å². The maximum atomic E-state index is 12.2. The molecule has 104 valence electrons. The predicted octanol–water partition coefficient (Wildman–Crippen LogP) is 1.86. The van der Waals surface area contributed by atoms with E-state index in [1.165, 1.54) is 6.07 Å². The van der Waals surface area contributed by atoms with E-state index in [9.17, 15) is 26.4 Å². The fourth-order valence-electron chi connectivity index (χ4n) is 1.42. The average Bonchev–Trinajstić information content (AvgIpc) is 2.19. The average molecular weight is 285 g/mol.